The molecule has 0 aromatic heterocycles. The van der Waals surface area contributed by atoms with Gasteiger partial charge in [0.1, 0.15) is 5.82 Å². The van der Waals surface area contributed by atoms with Crippen molar-refractivity contribution in [2.75, 3.05) is 13.1 Å². The Morgan fingerprint density at radius 3 is 2.77 bits per heavy atom. The minimum atomic E-state index is -0.531. The van der Waals surface area contributed by atoms with Gasteiger partial charge in [-0.25, -0.2) is 4.39 Å². The van der Waals surface area contributed by atoms with Crippen molar-refractivity contribution < 1.29 is 9.18 Å². The Bertz CT molecular complexity index is 533. The number of amides is 1. The number of rotatable bonds is 5. The lowest BCUT2D eigenvalue weighted by molar-refractivity contribution is -0.122. The number of hydrogen-bond donors (Lipinski definition) is 2. The Morgan fingerprint density at radius 1 is 1.41 bits per heavy atom. The highest BCUT2D eigenvalue weighted by Gasteiger charge is 2.20. The van der Waals surface area contributed by atoms with Crippen LogP contribution in [0.25, 0.3) is 0 Å². The molecule has 1 atom stereocenters. The molecule has 6 heteroatoms. The summed E-state index contributed by atoms with van der Waals surface area (Å²) in [6.45, 7) is 3.81. The van der Waals surface area contributed by atoms with Crippen LogP contribution in [0.3, 0.4) is 0 Å². The van der Waals surface area contributed by atoms with Crippen LogP contribution in [-0.4, -0.2) is 19.0 Å². The average Bonchev–Trinajstić information content (AvgIpc) is 2.50. The van der Waals surface area contributed by atoms with Crippen LogP contribution in [0.15, 0.2) is 12.1 Å². The van der Waals surface area contributed by atoms with E-state index in [1.807, 2.05) is 0 Å². The number of carbonyl (C=O) groups excluding carboxylic acids is 1. The van der Waals surface area contributed by atoms with Crippen LogP contribution in [0, 0.1) is 11.7 Å². The maximum Gasteiger partial charge on any atom is 0.220 e. The molecule has 1 saturated heterocycles. The van der Waals surface area contributed by atoms with Gasteiger partial charge in [0.2, 0.25) is 5.91 Å². The molecule has 1 aromatic carbocycles. The van der Waals surface area contributed by atoms with Crippen LogP contribution < -0.4 is 10.6 Å². The van der Waals surface area contributed by atoms with Crippen LogP contribution >= 0.6 is 23.2 Å². The molecule has 1 aliphatic heterocycles. The third kappa shape index (κ3) is 4.58. The molecule has 0 spiro atoms. The molecule has 0 radical (unpaired) electrons. The highest BCUT2D eigenvalue weighted by atomic mass is 35.5. The minimum absolute atomic E-state index is 0.0290. The van der Waals surface area contributed by atoms with Crippen LogP contribution in [0.2, 0.25) is 10.0 Å². The number of nitrogens with one attached hydrogen (secondary N) is 2. The van der Waals surface area contributed by atoms with Gasteiger partial charge in [-0.2, -0.15) is 0 Å². The van der Waals surface area contributed by atoms with E-state index in [-0.39, 0.29) is 10.9 Å². The summed E-state index contributed by atoms with van der Waals surface area (Å²) in [5.74, 6) is 0.0166. The summed E-state index contributed by atoms with van der Waals surface area (Å²) in [7, 11) is 0. The van der Waals surface area contributed by atoms with Crippen molar-refractivity contribution >= 4 is 29.1 Å². The largest absolute Gasteiger partial charge is 0.349 e. The van der Waals surface area contributed by atoms with E-state index in [9.17, 15) is 9.18 Å². The molecule has 1 fully saturated rings. The van der Waals surface area contributed by atoms with Crippen LogP contribution in [0.1, 0.15) is 44.2 Å². The van der Waals surface area contributed by atoms with Gasteiger partial charge in [-0.05, 0) is 57.3 Å². The zero-order chi connectivity index (χ0) is 16.1. The standard InChI is InChI=1S/C16H21Cl2FN2O/c1-10(15-12(17)3-4-13(19)16(15)18)21-14(22)5-2-11-6-8-20-9-7-11/h3-4,10-11,20H,2,5-9H2,1H3,(H,21,22). The second-order valence-corrected chi connectivity index (χ2v) is 6.56. The highest BCUT2D eigenvalue weighted by Crippen LogP contribution is 2.32. The molecule has 22 heavy (non-hydrogen) atoms. The lowest BCUT2D eigenvalue weighted by atomic mass is 9.93. The highest BCUT2D eigenvalue weighted by molar-refractivity contribution is 6.36. The summed E-state index contributed by atoms with van der Waals surface area (Å²) in [6, 6.07) is 2.26. The van der Waals surface area contributed by atoms with Crippen LogP contribution in [0.5, 0.6) is 0 Å². The monoisotopic (exact) mass is 346 g/mol. The Hall–Kier alpha value is -0.840. The summed E-state index contributed by atoms with van der Waals surface area (Å²) >= 11 is 12.0. The van der Waals surface area contributed by atoms with Gasteiger partial charge in [0.15, 0.2) is 0 Å². The van der Waals surface area contributed by atoms with E-state index in [0.717, 1.165) is 32.4 Å². The molecule has 3 nitrogen and oxygen atoms in total. The van der Waals surface area contributed by atoms with Crippen molar-refractivity contribution in [3.05, 3.63) is 33.6 Å². The van der Waals surface area contributed by atoms with Gasteiger partial charge in [-0.15, -0.1) is 0 Å². The predicted molar refractivity (Wildman–Crippen MR) is 87.8 cm³/mol. The van der Waals surface area contributed by atoms with Crippen LogP contribution in [-0.2, 0) is 4.79 Å². The van der Waals surface area contributed by atoms with Gasteiger partial charge in [0.05, 0.1) is 11.1 Å². The number of benzene rings is 1. The zero-order valence-corrected chi connectivity index (χ0v) is 14.1. The summed E-state index contributed by atoms with van der Waals surface area (Å²) in [5, 5.41) is 6.49. The minimum Gasteiger partial charge on any atom is -0.349 e. The summed E-state index contributed by atoms with van der Waals surface area (Å²) in [5.41, 5.74) is 0.429. The molecule has 1 aliphatic rings. The Balaban J connectivity index is 1.89. The Labute approximate surface area is 140 Å². The fraction of sp³-hybridized carbons (Fsp3) is 0.562. The van der Waals surface area contributed by atoms with Crippen molar-refractivity contribution in [1.82, 2.24) is 10.6 Å². The first kappa shape index (κ1) is 17.5. The average molecular weight is 347 g/mol. The van der Waals surface area contributed by atoms with Gasteiger partial charge in [-0.1, -0.05) is 23.2 Å². The number of halogens is 3. The third-order valence-corrected chi connectivity index (χ3v) is 4.84. The predicted octanol–water partition coefficient (Wildman–Crippen LogP) is 4.09. The summed E-state index contributed by atoms with van der Waals surface area (Å²) < 4.78 is 13.5. The topological polar surface area (TPSA) is 41.1 Å². The van der Waals surface area contributed by atoms with Crippen LogP contribution in [0.4, 0.5) is 4.39 Å². The van der Waals surface area contributed by atoms with Gasteiger partial charge in [-0.3, -0.25) is 4.79 Å². The molecule has 2 rings (SSSR count). The van der Waals surface area contributed by atoms with E-state index in [1.165, 1.54) is 12.1 Å². The van der Waals surface area contributed by atoms with E-state index in [1.54, 1.807) is 6.92 Å². The smallest absolute Gasteiger partial charge is 0.220 e. The second-order valence-electron chi connectivity index (χ2n) is 5.78. The first-order chi connectivity index (χ1) is 10.5. The maximum atomic E-state index is 13.5. The van der Waals surface area contributed by atoms with E-state index in [0.29, 0.717) is 22.9 Å². The molecule has 1 unspecified atom stereocenters. The first-order valence-electron chi connectivity index (χ1n) is 7.62. The maximum absolute atomic E-state index is 13.5. The molecule has 1 amide bonds. The van der Waals surface area contributed by atoms with Gasteiger partial charge < -0.3 is 10.6 Å². The Kier molecular flexibility index (Phi) is 6.48. The molecule has 1 aromatic rings. The van der Waals surface area contributed by atoms with Gasteiger partial charge >= 0.3 is 0 Å². The second kappa shape index (κ2) is 8.14. The fourth-order valence-electron chi connectivity index (χ4n) is 2.83. The van der Waals surface area contributed by atoms with Crippen molar-refractivity contribution in [3.8, 4) is 0 Å². The van der Waals surface area contributed by atoms with Crippen molar-refractivity contribution in [2.45, 2.75) is 38.6 Å². The normalized spacial score (nSPS) is 17.3. The first-order valence-corrected chi connectivity index (χ1v) is 8.38. The molecular formula is C16H21Cl2FN2O. The van der Waals surface area contributed by atoms with E-state index in [4.69, 9.17) is 23.2 Å². The fourth-order valence-corrected chi connectivity index (χ4v) is 3.53. The van der Waals surface area contributed by atoms with Crippen molar-refractivity contribution in [2.24, 2.45) is 5.92 Å². The van der Waals surface area contributed by atoms with Crippen molar-refractivity contribution in [3.63, 3.8) is 0 Å². The number of hydrogen-bond acceptors (Lipinski definition) is 2. The molecule has 122 valence electrons. The lowest BCUT2D eigenvalue weighted by Crippen LogP contribution is -2.30. The van der Waals surface area contributed by atoms with E-state index < -0.39 is 11.9 Å². The van der Waals surface area contributed by atoms with Gasteiger partial charge in [0, 0.05) is 17.0 Å². The van der Waals surface area contributed by atoms with E-state index >= 15 is 0 Å². The summed E-state index contributed by atoms with van der Waals surface area (Å²) in [6.07, 6.45) is 3.58. The quantitative estimate of drug-likeness (QED) is 0.788. The number of piperidine rings is 1. The molecule has 2 N–H and O–H groups in total. The Morgan fingerprint density at radius 2 is 2.09 bits per heavy atom. The number of carbonyl (C=O) groups is 1. The molecular weight excluding hydrogens is 326 g/mol. The molecule has 1 heterocycles. The summed E-state index contributed by atoms with van der Waals surface area (Å²) in [4.78, 5) is 12.1. The molecule has 0 saturated carbocycles. The zero-order valence-electron chi connectivity index (χ0n) is 12.6. The lowest BCUT2D eigenvalue weighted by Gasteiger charge is -2.23. The SMILES string of the molecule is CC(NC(=O)CCC1CCNCC1)c1c(Cl)ccc(F)c1Cl. The molecule has 0 bridgehead atoms. The third-order valence-electron chi connectivity index (χ3n) is 4.13. The van der Waals surface area contributed by atoms with Gasteiger partial charge in [0.25, 0.3) is 0 Å². The van der Waals surface area contributed by atoms with E-state index in [2.05, 4.69) is 10.6 Å². The van der Waals surface area contributed by atoms with Crippen molar-refractivity contribution in [1.29, 1.82) is 0 Å². The molecule has 0 aliphatic carbocycles.